The highest BCUT2D eigenvalue weighted by molar-refractivity contribution is 6.01. The van der Waals surface area contributed by atoms with E-state index in [1.54, 1.807) is 24.5 Å². The van der Waals surface area contributed by atoms with Crippen LogP contribution in [-0.2, 0) is 0 Å². The van der Waals surface area contributed by atoms with Crippen molar-refractivity contribution in [3.05, 3.63) is 24.5 Å². The number of nitrogens with zero attached hydrogens (tertiary/aromatic N) is 2. The van der Waals surface area contributed by atoms with E-state index in [0.717, 1.165) is 12.8 Å². The second-order valence-electron chi connectivity index (χ2n) is 4.14. The van der Waals surface area contributed by atoms with Gasteiger partial charge in [-0.3, -0.25) is 15.3 Å². The van der Waals surface area contributed by atoms with E-state index in [-0.39, 0.29) is 5.96 Å². The highest BCUT2D eigenvalue weighted by Gasteiger charge is 2.02. The molecule has 0 saturated heterocycles. The lowest BCUT2D eigenvalue weighted by Gasteiger charge is -2.06. The van der Waals surface area contributed by atoms with Crippen molar-refractivity contribution in [3.8, 4) is 0 Å². The average Bonchev–Trinajstić information content (AvgIpc) is 2.39. The number of pyridine rings is 1. The summed E-state index contributed by atoms with van der Waals surface area (Å²) in [5, 5.41) is 5.11. The highest BCUT2D eigenvalue weighted by atomic mass is 16.2. The van der Waals surface area contributed by atoms with Crippen molar-refractivity contribution in [2.75, 3.05) is 11.9 Å². The van der Waals surface area contributed by atoms with Crippen molar-refractivity contribution in [1.29, 1.82) is 0 Å². The number of anilines is 1. The van der Waals surface area contributed by atoms with E-state index in [0.29, 0.717) is 12.2 Å². The Kier molecular flexibility index (Phi) is 7.01. The molecule has 0 saturated carbocycles. The molecule has 0 fully saturated rings. The molecule has 0 aliphatic heterocycles. The van der Waals surface area contributed by atoms with Crippen molar-refractivity contribution in [1.82, 2.24) is 10.3 Å². The molecular formula is C13H21N5O. The molecule has 0 radical (unpaired) electrons. The van der Waals surface area contributed by atoms with Crippen LogP contribution in [0.4, 0.5) is 10.5 Å². The smallest absolute Gasteiger partial charge is 0.325 e. The Morgan fingerprint density at radius 2 is 2.05 bits per heavy atom. The fraction of sp³-hybridized carbons (Fsp3) is 0.462. The van der Waals surface area contributed by atoms with Gasteiger partial charge in [-0.1, -0.05) is 26.2 Å². The molecule has 0 aliphatic rings. The molecule has 0 aromatic carbocycles. The van der Waals surface area contributed by atoms with Crippen LogP contribution in [0.1, 0.15) is 32.6 Å². The maximum absolute atomic E-state index is 11.6. The zero-order valence-electron chi connectivity index (χ0n) is 11.2. The normalized spacial score (nSPS) is 11.1. The fourth-order valence-corrected chi connectivity index (χ4v) is 1.49. The first-order valence-corrected chi connectivity index (χ1v) is 6.50. The molecule has 0 atom stereocenters. The molecule has 1 aromatic heterocycles. The van der Waals surface area contributed by atoms with Gasteiger partial charge in [0.05, 0.1) is 0 Å². The number of carbonyl (C=O) groups is 1. The van der Waals surface area contributed by atoms with E-state index in [4.69, 9.17) is 5.73 Å². The van der Waals surface area contributed by atoms with E-state index < -0.39 is 6.03 Å². The summed E-state index contributed by atoms with van der Waals surface area (Å²) in [6, 6.07) is 2.98. The minimum absolute atomic E-state index is 0.142. The van der Waals surface area contributed by atoms with Crippen LogP contribution >= 0.6 is 0 Å². The Hall–Kier alpha value is -2.11. The Labute approximate surface area is 113 Å². The van der Waals surface area contributed by atoms with E-state index in [1.807, 2.05) is 0 Å². The van der Waals surface area contributed by atoms with Crippen molar-refractivity contribution in [2.45, 2.75) is 32.6 Å². The molecule has 104 valence electrons. The van der Waals surface area contributed by atoms with Crippen LogP contribution in [0.2, 0.25) is 0 Å². The molecule has 0 unspecified atom stereocenters. The predicted molar refractivity (Wildman–Crippen MR) is 77.0 cm³/mol. The summed E-state index contributed by atoms with van der Waals surface area (Å²) in [6.45, 7) is 2.80. The van der Waals surface area contributed by atoms with Crippen LogP contribution in [0.5, 0.6) is 0 Å². The average molecular weight is 263 g/mol. The molecule has 6 nitrogen and oxygen atoms in total. The van der Waals surface area contributed by atoms with Crippen molar-refractivity contribution >= 4 is 17.7 Å². The minimum atomic E-state index is -0.402. The van der Waals surface area contributed by atoms with Gasteiger partial charge in [-0.25, -0.2) is 4.79 Å². The summed E-state index contributed by atoms with van der Waals surface area (Å²) in [5.41, 5.74) is 6.26. The zero-order chi connectivity index (χ0) is 13.9. The minimum Gasteiger partial charge on any atom is -0.370 e. The Morgan fingerprint density at radius 1 is 1.32 bits per heavy atom. The molecule has 1 aromatic rings. The quantitative estimate of drug-likeness (QED) is 0.417. The van der Waals surface area contributed by atoms with Gasteiger partial charge in [-0.05, 0) is 18.6 Å². The second kappa shape index (κ2) is 8.91. The monoisotopic (exact) mass is 263 g/mol. The number of rotatable bonds is 6. The first-order valence-electron chi connectivity index (χ1n) is 6.50. The summed E-state index contributed by atoms with van der Waals surface area (Å²) < 4.78 is 0. The lowest BCUT2D eigenvalue weighted by atomic mass is 10.2. The molecule has 0 bridgehead atoms. The maximum atomic E-state index is 11.6. The molecular weight excluding hydrogens is 242 g/mol. The Morgan fingerprint density at radius 3 is 2.74 bits per heavy atom. The number of urea groups is 1. The summed E-state index contributed by atoms with van der Waals surface area (Å²) in [4.78, 5) is 19.5. The standard InChI is InChI=1S/C13H21N5O/c1-2-3-4-5-8-16-12(14)18-13(19)17-11-6-9-15-10-7-11/h6-7,9-10H,2-5,8H2,1H3,(H4,14,15,16,17,18,19). The van der Waals surface area contributed by atoms with Gasteiger partial charge in [0.2, 0.25) is 0 Å². The number of hydrogen-bond donors (Lipinski definition) is 3. The second-order valence-corrected chi connectivity index (χ2v) is 4.14. The summed E-state index contributed by atoms with van der Waals surface area (Å²) >= 11 is 0. The lowest BCUT2D eigenvalue weighted by molar-refractivity contribution is 0.256. The van der Waals surface area contributed by atoms with Gasteiger partial charge >= 0.3 is 6.03 Å². The largest absolute Gasteiger partial charge is 0.370 e. The third-order valence-corrected chi connectivity index (χ3v) is 2.47. The fourth-order valence-electron chi connectivity index (χ4n) is 1.49. The molecule has 2 amide bonds. The lowest BCUT2D eigenvalue weighted by Crippen LogP contribution is -2.39. The topological polar surface area (TPSA) is 92.4 Å². The third kappa shape index (κ3) is 7.03. The molecule has 0 spiro atoms. The third-order valence-electron chi connectivity index (χ3n) is 2.47. The Balaban J connectivity index is 2.25. The van der Waals surface area contributed by atoms with E-state index >= 15 is 0 Å². The van der Waals surface area contributed by atoms with Crippen LogP contribution in [-0.4, -0.2) is 23.5 Å². The van der Waals surface area contributed by atoms with Gasteiger partial charge in [-0.2, -0.15) is 0 Å². The van der Waals surface area contributed by atoms with Gasteiger partial charge in [-0.15, -0.1) is 0 Å². The molecule has 1 heterocycles. The number of aromatic nitrogens is 1. The van der Waals surface area contributed by atoms with Gasteiger partial charge in [0.25, 0.3) is 0 Å². The molecule has 4 N–H and O–H groups in total. The molecule has 6 heteroatoms. The van der Waals surface area contributed by atoms with Crippen LogP contribution in [0.15, 0.2) is 29.5 Å². The number of nitrogens with two attached hydrogens (primary N) is 1. The van der Waals surface area contributed by atoms with Gasteiger partial charge in [0.15, 0.2) is 5.96 Å². The van der Waals surface area contributed by atoms with Crippen LogP contribution in [0.3, 0.4) is 0 Å². The number of hydrogen-bond acceptors (Lipinski definition) is 3. The SMILES string of the molecule is CCCCCCN=C(N)NC(=O)Nc1ccncc1. The Bertz CT molecular complexity index is 405. The predicted octanol–water partition coefficient (Wildman–Crippen LogP) is 2.10. The molecule has 1 rings (SSSR count). The number of nitrogens with one attached hydrogen (secondary N) is 2. The maximum Gasteiger partial charge on any atom is 0.325 e. The van der Waals surface area contributed by atoms with Crippen LogP contribution in [0.25, 0.3) is 0 Å². The van der Waals surface area contributed by atoms with Gasteiger partial charge in [0, 0.05) is 24.6 Å². The van der Waals surface area contributed by atoms with Crippen molar-refractivity contribution in [2.24, 2.45) is 10.7 Å². The summed E-state index contributed by atoms with van der Waals surface area (Å²) in [6.07, 6.45) is 7.71. The number of amides is 2. The molecule has 0 aliphatic carbocycles. The zero-order valence-corrected chi connectivity index (χ0v) is 11.2. The number of carbonyl (C=O) groups excluding carboxylic acids is 1. The van der Waals surface area contributed by atoms with Crippen LogP contribution in [0, 0.1) is 0 Å². The van der Waals surface area contributed by atoms with Crippen molar-refractivity contribution < 1.29 is 4.79 Å². The van der Waals surface area contributed by atoms with Gasteiger partial charge in [0.1, 0.15) is 0 Å². The first kappa shape index (κ1) is 14.9. The van der Waals surface area contributed by atoms with E-state index in [1.165, 1.54) is 12.8 Å². The van der Waals surface area contributed by atoms with Gasteiger partial charge < -0.3 is 11.1 Å². The number of unbranched alkanes of at least 4 members (excludes halogenated alkanes) is 3. The summed E-state index contributed by atoms with van der Waals surface area (Å²) in [5.74, 6) is 0.142. The van der Waals surface area contributed by atoms with E-state index in [2.05, 4.69) is 27.5 Å². The summed E-state index contributed by atoms with van der Waals surface area (Å²) in [7, 11) is 0. The first-order chi connectivity index (χ1) is 9.22. The number of guanidine groups is 1. The molecule has 19 heavy (non-hydrogen) atoms. The van der Waals surface area contributed by atoms with Crippen molar-refractivity contribution in [3.63, 3.8) is 0 Å². The van der Waals surface area contributed by atoms with Crippen LogP contribution < -0.4 is 16.4 Å². The van der Waals surface area contributed by atoms with E-state index in [9.17, 15) is 4.79 Å². The number of aliphatic imine (C=N–C) groups is 1. The highest BCUT2D eigenvalue weighted by Crippen LogP contribution is 2.02.